The number of carbonyl (C=O) groups is 1. The maximum Gasteiger partial charge on any atom is 0.408 e. The Balaban J connectivity index is 1.57. The highest BCUT2D eigenvalue weighted by Gasteiger charge is 2.48. The van der Waals surface area contributed by atoms with Crippen LogP contribution in [0.15, 0.2) is 36.4 Å². The normalized spacial score (nSPS) is 27.2. The summed E-state index contributed by atoms with van der Waals surface area (Å²) in [5.74, 6) is 0.789. The average molecular weight is 467 g/mol. The van der Waals surface area contributed by atoms with E-state index in [0.29, 0.717) is 18.1 Å². The lowest BCUT2D eigenvalue weighted by atomic mass is 9.68. The molecule has 1 aliphatic carbocycles. The summed E-state index contributed by atoms with van der Waals surface area (Å²) in [5, 5.41) is 10.4. The van der Waals surface area contributed by atoms with Crippen LogP contribution in [0.4, 0.5) is 9.18 Å². The van der Waals surface area contributed by atoms with Crippen LogP contribution in [0.3, 0.4) is 0 Å². The van der Waals surface area contributed by atoms with Gasteiger partial charge in [-0.05, 0) is 98.0 Å². The first-order valence-corrected chi connectivity index (χ1v) is 12.6. The van der Waals surface area contributed by atoms with Crippen LogP contribution >= 0.6 is 0 Å². The van der Waals surface area contributed by atoms with Gasteiger partial charge in [-0.2, -0.15) is 0 Å². The number of ether oxygens (including phenoxy) is 1. The zero-order valence-electron chi connectivity index (χ0n) is 20.4. The average Bonchev–Trinajstić information content (AvgIpc) is 2.81. The van der Waals surface area contributed by atoms with Crippen LogP contribution in [0.1, 0.15) is 57.2 Å². The summed E-state index contributed by atoms with van der Waals surface area (Å²) in [7, 11) is 0. The Morgan fingerprint density at radius 3 is 2.65 bits per heavy atom. The second-order valence-electron chi connectivity index (χ2n) is 10.8. The van der Waals surface area contributed by atoms with Crippen LogP contribution in [0.5, 0.6) is 5.75 Å². The molecule has 2 atom stereocenters. The largest absolute Gasteiger partial charge is 0.494 e. The van der Waals surface area contributed by atoms with E-state index in [-0.39, 0.29) is 23.3 Å². The van der Waals surface area contributed by atoms with Gasteiger partial charge in [0.05, 0.1) is 18.7 Å². The van der Waals surface area contributed by atoms with E-state index in [4.69, 9.17) is 4.74 Å². The number of halogens is 1. The molecule has 5 nitrogen and oxygen atoms in total. The molecule has 2 aromatic carbocycles. The predicted molar refractivity (Wildman–Crippen MR) is 131 cm³/mol. The first-order valence-electron chi connectivity index (χ1n) is 12.6. The van der Waals surface area contributed by atoms with Crippen molar-refractivity contribution in [1.29, 1.82) is 0 Å². The van der Waals surface area contributed by atoms with Gasteiger partial charge in [0.25, 0.3) is 0 Å². The third-order valence-electron chi connectivity index (χ3n) is 8.24. The van der Waals surface area contributed by atoms with Crippen LogP contribution in [-0.4, -0.2) is 53.3 Å². The van der Waals surface area contributed by atoms with Crippen molar-refractivity contribution in [2.75, 3.05) is 26.2 Å². The second kappa shape index (κ2) is 8.88. The number of hydrogen-bond acceptors (Lipinski definition) is 3. The molecular weight excluding hydrogens is 431 g/mol. The molecule has 2 aromatic rings. The molecule has 3 saturated heterocycles. The molecule has 6 heteroatoms. The number of fused-ring (bicyclic) bond motifs is 4. The Bertz CT molecular complexity index is 1080. The maximum absolute atomic E-state index is 15.6. The fourth-order valence-electron chi connectivity index (χ4n) is 6.48. The van der Waals surface area contributed by atoms with Crippen molar-refractivity contribution in [3.05, 3.63) is 53.3 Å². The Labute approximate surface area is 201 Å². The van der Waals surface area contributed by atoms with Gasteiger partial charge in [0.1, 0.15) is 11.6 Å². The highest BCUT2D eigenvalue weighted by Crippen LogP contribution is 2.50. The lowest BCUT2D eigenvalue weighted by Gasteiger charge is -2.54. The maximum atomic E-state index is 15.6. The molecule has 0 saturated carbocycles. The van der Waals surface area contributed by atoms with Gasteiger partial charge in [-0.25, -0.2) is 9.18 Å². The number of benzene rings is 2. The van der Waals surface area contributed by atoms with Crippen molar-refractivity contribution >= 4 is 6.09 Å². The van der Waals surface area contributed by atoms with E-state index in [1.165, 1.54) is 0 Å². The molecule has 3 aliphatic heterocycles. The monoisotopic (exact) mass is 466 g/mol. The molecular formula is C28H35FN2O3. The topological polar surface area (TPSA) is 53.0 Å². The molecule has 6 rings (SSSR count). The minimum atomic E-state index is -0.890. The molecule has 34 heavy (non-hydrogen) atoms. The predicted octanol–water partition coefficient (Wildman–Crippen LogP) is 5.98. The van der Waals surface area contributed by atoms with Crippen molar-refractivity contribution in [2.45, 2.75) is 58.5 Å². The molecule has 3 heterocycles. The molecule has 0 aromatic heterocycles. The number of hydrogen-bond donors (Lipinski definition) is 1. The summed E-state index contributed by atoms with van der Waals surface area (Å²) in [6, 6.07) is 10.7. The number of nitrogens with zero attached hydrogens (tertiary/aromatic N) is 2. The van der Waals surface area contributed by atoms with Crippen LogP contribution in [0.25, 0.3) is 11.1 Å². The van der Waals surface area contributed by atoms with Crippen LogP contribution in [-0.2, 0) is 6.42 Å². The van der Waals surface area contributed by atoms with Crippen molar-refractivity contribution in [1.82, 2.24) is 9.80 Å². The summed E-state index contributed by atoms with van der Waals surface area (Å²) in [6.45, 7) is 9.64. The summed E-state index contributed by atoms with van der Waals surface area (Å²) in [4.78, 5) is 16.8. The summed E-state index contributed by atoms with van der Waals surface area (Å²) in [5.41, 5.74) is 2.93. The lowest BCUT2D eigenvalue weighted by Crippen LogP contribution is -2.61. The van der Waals surface area contributed by atoms with Gasteiger partial charge in [-0.1, -0.05) is 26.0 Å². The quantitative estimate of drug-likeness (QED) is 0.589. The number of carboxylic acid groups (broad SMARTS) is 1. The third kappa shape index (κ3) is 4.06. The van der Waals surface area contributed by atoms with Crippen LogP contribution in [0.2, 0.25) is 0 Å². The highest BCUT2D eigenvalue weighted by atomic mass is 19.1. The zero-order valence-corrected chi connectivity index (χ0v) is 20.4. The number of aryl methyl sites for hydroxylation is 1. The smallest absolute Gasteiger partial charge is 0.408 e. The van der Waals surface area contributed by atoms with Gasteiger partial charge in [0.2, 0.25) is 0 Å². The van der Waals surface area contributed by atoms with E-state index in [0.717, 1.165) is 67.8 Å². The van der Waals surface area contributed by atoms with Crippen molar-refractivity contribution in [3.63, 3.8) is 0 Å². The molecule has 0 unspecified atom stereocenters. The summed E-state index contributed by atoms with van der Waals surface area (Å²) < 4.78 is 21.3. The third-order valence-corrected chi connectivity index (χ3v) is 8.24. The van der Waals surface area contributed by atoms with Gasteiger partial charge in [-0.3, -0.25) is 4.90 Å². The van der Waals surface area contributed by atoms with E-state index in [9.17, 15) is 9.90 Å². The van der Waals surface area contributed by atoms with E-state index in [1.807, 2.05) is 37.3 Å². The van der Waals surface area contributed by atoms with E-state index in [2.05, 4.69) is 18.7 Å². The van der Waals surface area contributed by atoms with Gasteiger partial charge >= 0.3 is 6.09 Å². The van der Waals surface area contributed by atoms with Crippen LogP contribution in [0, 0.1) is 17.2 Å². The van der Waals surface area contributed by atoms with Crippen molar-refractivity contribution in [2.24, 2.45) is 11.3 Å². The molecule has 2 bridgehead atoms. The first-order chi connectivity index (χ1) is 16.3. The second-order valence-corrected chi connectivity index (χ2v) is 10.8. The molecule has 1 N–H and O–H groups in total. The van der Waals surface area contributed by atoms with Crippen molar-refractivity contribution in [3.8, 4) is 16.9 Å². The molecule has 1 amide bonds. The minimum absolute atomic E-state index is 0.0409. The Morgan fingerprint density at radius 2 is 2.00 bits per heavy atom. The van der Waals surface area contributed by atoms with Gasteiger partial charge in [0.15, 0.2) is 0 Å². The SMILES string of the molecule is CCOc1cccc(-c2cc3c(cc2F)[C@H](N(C(=O)O)[C@@H]2CN4CCC2CC4)C(C)(C)CC3)c1. The van der Waals surface area contributed by atoms with Gasteiger partial charge < -0.3 is 14.7 Å². The Kier molecular flexibility index (Phi) is 6.05. The number of piperidine rings is 3. The molecule has 0 radical (unpaired) electrons. The Morgan fingerprint density at radius 1 is 1.24 bits per heavy atom. The first kappa shape index (κ1) is 23.2. The Hall–Kier alpha value is -2.60. The van der Waals surface area contributed by atoms with E-state index < -0.39 is 6.09 Å². The number of amides is 1. The lowest BCUT2D eigenvalue weighted by molar-refractivity contribution is -0.0353. The number of rotatable bonds is 5. The summed E-state index contributed by atoms with van der Waals surface area (Å²) >= 11 is 0. The molecule has 3 fully saturated rings. The standard InChI is InChI=1S/C28H35FN2O3/c1-4-34-21-7-5-6-19(14-21)22-15-20-8-11-28(2,3)26(23(20)16-24(22)29)31(27(32)33)25-17-30-12-9-18(25)10-13-30/h5-7,14-16,18,25-26H,4,8-13,17H2,1-3H3,(H,32,33)/t25-,26+/m1/s1. The van der Waals surface area contributed by atoms with Crippen molar-refractivity contribution < 1.29 is 19.0 Å². The molecule has 182 valence electrons. The van der Waals surface area contributed by atoms with E-state index in [1.54, 1.807) is 11.0 Å². The zero-order chi connectivity index (χ0) is 24.0. The van der Waals surface area contributed by atoms with Gasteiger partial charge in [0, 0.05) is 12.1 Å². The van der Waals surface area contributed by atoms with Crippen LogP contribution < -0.4 is 4.74 Å². The minimum Gasteiger partial charge on any atom is -0.494 e. The summed E-state index contributed by atoms with van der Waals surface area (Å²) in [6.07, 6.45) is 2.86. The molecule has 0 spiro atoms. The highest BCUT2D eigenvalue weighted by molar-refractivity contribution is 5.70. The fourth-order valence-corrected chi connectivity index (χ4v) is 6.48. The van der Waals surface area contributed by atoms with E-state index >= 15 is 4.39 Å². The fraction of sp³-hybridized carbons (Fsp3) is 0.536. The molecule has 4 aliphatic rings. The van der Waals surface area contributed by atoms with Gasteiger partial charge in [-0.15, -0.1) is 0 Å².